The number of rotatable bonds is 6. The highest BCUT2D eigenvalue weighted by Crippen LogP contribution is 2.35. The minimum Gasteiger partial charge on any atom is -0.497 e. The van der Waals surface area contributed by atoms with Gasteiger partial charge in [-0.1, -0.05) is 41.0 Å². The zero-order valence-electron chi connectivity index (χ0n) is 22.4. The zero-order chi connectivity index (χ0) is 28.6. The molecule has 1 aliphatic heterocycles. The van der Waals surface area contributed by atoms with Gasteiger partial charge < -0.3 is 19.9 Å². The summed E-state index contributed by atoms with van der Waals surface area (Å²) in [6, 6.07) is 16.6. The van der Waals surface area contributed by atoms with Crippen LogP contribution >= 0.6 is 11.6 Å². The largest absolute Gasteiger partial charge is 0.497 e. The van der Waals surface area contributed by atoms with Crippen LogP contribution in [-0.4, -0.2) is 29.5 Å². The molecule has 0 saturated heterocycles. The second-order valence-electron chi connectivity index (χ2n) is 10.2. The number of carbonyl (C=O) groups is 2. The van der Waals surface area contributed by atoms with Crippen LogP contribution in [0.5, 0.6) is 5.75 Å². The maximum Gasteiger partial charge on any atom is 0.261 e. The van der Waals surface area contributed by atoms with Gasteiger partial charge in [0.2, 0.25) is 0 Å². The molecule has 0 bridgehead atoms. The Labute approximate surface area is 236 Å². The van der Waals surface area contributed by atoms with E-state index in [2.05, 4.69) is 29.6 Å². The van der Waals surface area contributed by atoms with Gasteiger partial charge in [0.1, 0.15) is 28.6 Å². The van der Waals surface area contributed by atoms with Gasteiger partial charge in [-0.15, -0.1) is 0 Å². The lowest BCUT2D eigenvalue weighted by Gasteiger charge is -2.35. The van der Waals surface area contributed by atoms with Gasteiger partial charge >= 0.3 is 0 Å². The lowest BCUT2D eigenvalue weighted by Crippen LogP contribution is -2.43. The number of benzene rings is 3. The molecule has 4 aromatic rings. The minimum absolute atomic E-state index is 0.00450. The third kappa shape index (κ3) is 5.35. The van der Waals surface area contributed by atoms with E-state index in [1.54, 1.807) is 44.4 Å². The second kappa shape index (κ2) is 10.6. The van der Waals surface area contributed by atoms with E-state index in [1.165, 1.54) is 18.2 Å². The number of fused-ring (bicyclic) bond motifs is 1. The number of methoxy groups -OCH3 is 1. The molecule has 2 N–H and O–H groups in total. The third-order valence-corrected chi connectivity index (χ3v) is 7.00. The molecule has 9 heteroatoms. The number of hydrogen-bond acceptors (Lipinski definition) is 6. The molecule has 0 unspecified atom stereocenters. The summed E-state index contributed by atoms with van der Waals surface area (Å²) in [5, 5.41) is 10.2. The van der Waals surface area contributed by atoms with E-state index in [-0.39, 0.29) is 38.9 Å². The molecule has 0 aliphatic carbocycles. The number of aryl methyl sites for hydroxylation is 1. The van der Waals surface area contributed by atoms with Gasteiger partial charge in [0.15, 0.2) is 5.78 Å². The van der Waals surface area contributed by atoms with Crippen molar-refractivity contribution in [2.24, 2.45) is 0 Å². The van der Waals surface area contributed by atoms with Crippen LogP contribution < -0.4 is 15.4 Å². The molecule has 1 amide bonds. The molecule has 7 nitrogen and oxygen atoms in total. The Morgan fingerprint density at radius 2 is 1.93 bits per heavy atom. The third-order valence-electron chi connectivity index (χ3n) is 6.68. The van der Waals surface area contributed by atoms with Gasteiger partial charge in [-0.05, 0) is 69.2 Å². The highest BCUT2D eigenvalue weighted by Gasteiger charge is 2.29. The van der Waals surface area contributed by atoms with Crippen molar-refractivity contribution in [2.75, 3.05) is 12.4 Å². The normalized spacial score (nSPS) is 14.8. The number of nitrogens with one attached hydrogen (secondary N) is 2. The van der Waals surface area contributed by atoms with Gasteiger partial charge in [0.05, 0.1) is 17.7 Å². The first kappa shape index (κ1) is 27.1. The van der Waals surface area contributed by atoms with E-state index in [0.29, 0.717) is 22.7 Å². The van der Waals surface area contributed by atoms with Crippen molar-refractivity contribution < 1.29 is 23.2 Å². The summed E-state index contributed by atoms with van der Waals surface area (Å²) in [5.74, 6) is -0.556. The van der Waals surface area contributed by atoms with Crippen LogP contribution in [0.1, 0.15) is 51.5 Å². The van der Waals surface area contributed by atoms with Crippen molar-refractivity contribution in [3.8, 4) is 17.0 Å². The Bertz CT molecular complexity index is 1650. The highest BCUT2D eigenvalue weighted by atomic mass is 35.5. The minimum atomic E-state index is -0.630. The van der Waals surface area contributed by atoms with Crippen molar-refractivity contribution in [1.29, 1.82) is 0 Å². The number of halogens is 2. The number of allylic oxidation sites excluding steroid dienone is 1. The number of ketones is 1. The quantitative estimate of drug-likeness (QED) is 0.198. The van der Waals surface area contributed by atoms with Crippen molar-refractivity contribution >= 4 is 34.7 Å². The van der Waals surface area contributed by atoms with Crippen molar-refractivity contribution in [3.05, 3.63) is 106 Å². The van der Waals surface area contributed by atoms with Crippen LogP contribution in [0, 0.1) is 12.7 Å². The summed E-state index contributed by atoms with van der Waals surface area (Å²) in [4.78, 5) is 26.7. The summed E-state index contributed by atoms with van der Waals surface area (Å²) in [5.41, 5.74) is 3.22. The number of amides is 1. The summed E-state index contributed by atoms with van der Waals surface area (Å²) in [7, 11) is 1.60. The van der Waals surface area contributed by atoms with E-state index >= 15 is 0 Å². The van der Waals surface area contributed by atoms with Crippen LogP contribution in [0.25, 0.3) is 17.0 Å². The van der Waals surface area contributed by atoms with E-state index in [9.17, 15) is 14.0 Å². The topological polar surface area (TPSA) is 93.5 Å². The maximum absolute atomic E-state index is 14.6. The van der Waals surface area contributed by atoms with Gasteiger partial charge in [0, 0.05) is 34.1 Å². The molecule has 0 radical (unpaired) electrons. The highest BCUT2D eigenvalue weighted by molar-refractivity contribution is 6.33. The van der Waals surface area contributed by atoms with Crippen molar-refractivity contribution in [2.45, 2.75) is 32.7 Å². The molecule has 1 aromatic heterocycles. The van der Waals surface area contributed by atoms with Gasteiger partial charge in [-0.25, -0.2) is 4.39 Å². The molecule has 204 valence electrons. The molecule has 5 rings (SSSR count). The number of carbonyl (C=O) groups excluding carboxylic acids is 2. The van der Waals surface area contributed by atoms with E-state index in [4.69, 9.17) is 20.9 Å². The van der Waals surface area contributed by atoms with Gasteiger partial charge in [0.25, 0.3) is 5.91 Å². The van der Waals surface area contributed by atoms with Crippen LogP contribution in [-0.2, 0) is 6.42 Å². The fourth-order valence-electron chi connectivity index (χ4n) is 4.85. The Balaban J connectivity index is 1.43. The molecular formula is C31H27ClFN3O4. The van der Waals surface area contributed by atoms with Crippen molar-refractivity contribution in [1.82, 2.24) is 10.5 Å². The first-order valence-corrected chi connectivity index (χ1v) is 13.0. The summed E-state index contributed by atoms with van der Waals surface area (Å²) in [6.45, 7) is 5.70. The maximum atomic E-state index is 14.6. The zero-order valence-corrected chi connectivity index (χ0v) is 23.2. The first-order valence-electron chi connectivity index (χ1n) is 12.6. The van der Waals surface area contributed by atoms with Crippen LogP contribution in [0.3, 0.4) is 0 Å². The smallest absolute Gasteiger partial charge is 0.261 e. The van der Waals surface area contributed by atoms with Crippen LogP contribution in [0.15, 0.2) is 71.3 Å². The SMILES string of the molecule is COc1ccc2c(c1)C(=CC(=O)c1cccc(NC(=O)c3c(-c4c(F)cccc4Cl)noc3C)c1)NC(C)(C)C2. The Morgan fingerprint density at radius 3 is 2.67 bits per heavy atom. The van der Waals surface area contributed by atoms with E-state index in [1.807, 2.05) is 18.2 Å². The van der Waals surface area contributed by atoms with Gasteiger partial charge in [-0.3, -0.25) is 9.59 Å². The molecule has 0 atom stereocenters. The first-order chi connectivity index (χ1) is 19.1. The predicted octanol–water partition coefficient (Wildman–Crippen LogP) is 6.85. The number of hydrogen-bond donors (Lipinski definition) is 2. The van der Waals surface area contributed by atoms with Crippen LogP contribution in [0.4, 0.5) is 10.1 Å². The van der Waals surface area contributed by atoms with E-state index in [0.717, 1.165) is 17.5 Å². The summed E-state index contributed by atoms with van der Waals surface area (Å²) in [6.07, 6.45) is 2.35. The van der Waals surface area contributed by atoms with Gasteiger partial charge in [-0.2, -0.15) is 0 Å². The molecule has 0 fully saturated rings. The average Bonchev–Trinajstić information content (AvgIpc) is 3.28. The standard InChI is InChI=1S/C31H27ClFN3O4/c1-17-27(29(36-40-17)28-23(32)9-6-10-24(28)33)30(38)34-20-8-5-7-18(13-20)26(37)15-25-22-14-21(39-4)12-11-19(22)16-31(2,3)35-25/h5-15,35H,16H2,1-4H3,(H,34,38). The van der Waals surface area contributed by atoms with E-state index < -0.39 is 11.7 Å². The van der Waals surface area contributed by atoms with Crippen molar-refractivity contribution in [3.63, 3.8) is 0 Å². The second-order valence-corrected chi connectivity index (χ2v) is 10.6. The molecular weight excluding hydrogens is 533 g/mol. The molecule has 2 heterocycles. The number of nitrogens with zero attached hydrogens (tertiary/aromatic N) is 1. The lowest BCUT2D eigenvalue weighted by molar-refractivity contribution is 0.102. The molecule has 3 aromatic carbocycles. The number of aromatic nitrogens is 1. The lowest BCUT2D eigenvalue weighted by atomic mass is 9.85. The Kier molecular flexibility index (Phi) is 7.21. The fourth-order valence-corrected chi connectivity index (χ4v) is 5.10. The van der Waals surface area contributed by atoms with Crippen LogP contribution in [0.2, 0.25) is 5.02 Å². The molecule has 0 saturated carbocycles. The molecule has 40 heavy (non-hydrogen) atoms. The Morgan fingerprint density at radius 1 is 1.15 bits per heavy atom. The monoisotopic (exact) mass is 559 g/mol. The Hall–Kier alpha value is -4.43. The predicted molar refractivity (Wildman–Crippen MR) is 152 cm³/mol. The molecule has 0 spiro atoms. The summed E-state index contributed by atoms with van der Waals surface area (Å²) < 4.78 is 25.2. The fraction of sp³-hybridized carbons (Fsp3) is 0.194. The number of anilines is 1. The number of ether oxygens (including phenoxy) is 1. The molecule has 1 aliphatic rings. The summed E-state index contributed by atoms with van der Waals surface area (Å²) >= 11 is 6.20. The average molecular weight is 560 g/mol.